The number of hydrogen-bond acceptors (Lipinski definition) is 5. The largest absolute Gasteiger partial charge is 0.281 e. The molecule has 0 saturated heterocycles. The molecule has 0 spiro atoms. The first-order valence-corrected chi connectivity index (χ1v) is 7.77. The van der Waals surface area contributed by atoms with Gasteiger partial charge in [0.1, 0.15) is 0 Å². The third-order valence-electron chi connectivity index (χ3n) is 2.71. The van der Waals surface area contributed by atoms with Gasteiger partial charge in [0.2, 0.25) is 5.03 Å². The van der Waals surface area contributed by atoms with Crippen LogP contribution in [0.5, 0.6) is 0 Å². The topological polar surface area (TPSA) is 106 Å². The van der Waals surface area contributed by atoms with E-state index in [4.69, 9.17) is 0 Å². The zero-order valence-corrected chi connectivity index (χ0v) is 12.6. The summed E-state index contributed by atoms with van der Waals surface area (Å²) >= 11 is 3.07. The van der Waals surface area contributed by atoms with Crippen molar-refractivity contribution >= 4 is 42.5 Å². The third-order valence-corrected chi connectivity index (χ3v) is 4.96. The standard InChI is InChI=1S/C10H9BrN6O2S/c1-17-10(9(11)14-16-17)20(18,19)15-7-4-2-3-6-5-12-13-8(6)7/h2-5,15H,1H3,(H,12,13). The van der Waals surface area contributed by atoms with Gasteiger partial charge in [-0.25, -0.2) is 4.68 Å². The number of aromatic nitrogens is 5. The maximum Gasteiger partial charge on any atom is 0.281 e. The van der Waals surface area contributed by atoms with Gasteiger partial charge in [-0.1, -0.05) is 17.3 Å². The Balaban J connectivity index is 2.09. The minimum absolute atomic E-state index is 0.0472. The highest BCUT2D eigenvalue weighted by Gasteiger charge is 2.24. The lowest BCUT2D eigenvalue weighted by Gasteiger charge is -2.08. The van der Waals surface area contributed by atoms with E-state index < -0.39 is 10.0 Å². The lowest BCUT2D eigenvalue weighted by atomic mass is 10.2. The number of nitrogens with one attached hydrogen (secondary N) is 2. The molecule has 0 aliphatic heterocycles. The maximum atomic E-state index is 12.4. The van der Waals surface area contributed by atoms with Crippen LogP contribution in [-0.2, 0) is 17.1 Å². The van der Waals surface area contributed by atoms with Crippen LogP contribution < -0.4 is 4.72 Å². The summed E-state index contributed by atoms with van der Waals surface area (Å²) in [5.41, 5.74) is 1.02. The van der Waals surface area contributed by atoms with E-state index in [0.29, 0.717) is 11.2 Å². The number of hydrogen-bond donors (Lipinski definition) is 2. The molecule has 0 atom stereocenters. The van der Waals surface area contributed by atoms with Crippen molar-refractivity contribution in [3.63, 3.8) is 0 Å². The van der Waals surface area contributed by atoms with Crippen molar-refractivity contribution in [2.75, 3.05) is 4.72 Å². The zero-order valence-electron chi connectivity index (χ0n) is 10.2. The molecule has 0 bridgehead atoms. The van der Waals surface area contributed by atoms with Crippen LogP contribution in [-0.4, -0.2) is 33.6 Å². The second-order valence-electron chi connectivity index (χ2n) is 4.05. The van der Waals surface area contributed by atoms with Crippen LogP contribution in [0.4, 0.5) is 5.69 Å². The van der Waals surface area contributed by atoms with Crippen molar-refractivity contribution in [1.29, 1.82) is 0 Å². The Morgan fingerprint density at radius 2 is 2.20 bits per heavy atom. The molecule has 0 aliphatic carbocycles. The molecular formula is C10H9BrN6O2S. The number of rotatable bonds is 3. The number of para-hydroxylation sites is 1. The molecule has 2 aromatic heterocycles. The molecule has 3 rings (SSSR count). The van der Waals surface area contributed by atoms with Crippen LogP contribution >= 0.6 is 15.9 Å². The molecule has 8 nitrogen and oxygen atoms in total. The molecule has 0 saturated carbocycles. The fourth-order valence-corrected chi connectivity index (χ4v) is 4.03. The van der Waals surface area contributed by atoms with Crippen molar-refractivity contribution < 1.29 is 8.42 Å². The Hall–Kier alpha value is -1.94. The van der Waals surface area contributed by atoms with Gasteiger partial charge in [0.05, 0.1) is 17.4 Å². The molecule has 0 radical (unpaired) electrons. The van der Waals surface area contributed by atoms with Crippen LogP contribution in [0.3, 0.4) is 0 Å². The van der Waals surface area contributed by atoms with Crippen LogP contribution in [0, 0.1) is 0 Å². The Labute approximate surface area is 122 Å². The lowest BCUT2D eigenvalue weighted by Crippen LogP contribution is -2.17. The summed E-state index contributed by atoms with van der Waals surface area (Å²) in [6, 6.07) is 5.22. The van der Waals surface area contributed by atoms with Gasteiger partial charge < -0.3 is 0 Å². The number of sulfonamides is 1. The van der Waals surface area contributed by atoms with Gasteiger partial charge in [0.15, 0.2) is 4.60 Å². The number of halogens is 1. The number of aryl methyl sites for hydroxylation is 1. The molecular weight excluding hydrogens is 348 g/mol. The first kappa shape index (κ1) is 13.1. The molecule has 10 heteroatoms. The second kappa shape index (κ2) is 4.56. The van der Waals surface area contributed by atoms with Gasteiger partial charge >= 0.3 is 0 Å². The first-order chi connectivity index (χ1) is 9.49. The van der Waals surface area contributed by atoms with E-state index in [-0.39, 0.29) is 9.63 Å². The minimum atomic E-state index is -3.81. The van der Waals surface area contributed by atoms with Crippen LogP contribution in [0.25, 0.3) is 10.9 Å². The molecule has 3 aromatic rings. The number of anilines is 1. The summed E-state index contributed by atoms with van der Waals surface area (Å²) in [4.78, 5) is 0. The number of H-pyrrole nitrogens is 1. The lowest BCUT2D eigenvalue weighted by molar-refractivity contribution is 0.578. The number of aromatic amines is 1. The van der Waals surface area contributed by atoms with E-state index in [0.717, 1.165) is 5.39 Å². The van der Waals surface area contributed by atoms with Gasteiger partial charge in [0.25, 0.3) is 10.0 Å². The fraction of sp³-hybridized carbons (Fsp3) is 0.100. The molecule has 0 fully saturated rings. The quantitative estimate of drug-likeness (QED) is 0.734. The molecule has 0 unspecified atom stereocenters. The van der Waals surface area contributed by atoms with E-state index >= 15 is 0 Å². The Bertz CT molecular complexity index is 865. The Kier molecular flexibility index (Phi) is 2.98. The van der Waals surface area contributed by atoms with E-state index in [2.05, 4.69) is 41.2 Å². The van der Waals surface area contributed by atoms with Crippen LogP contribution in [0.1, 0.15) is 0 Å². The molecule has 0 aliphatic rings. The summed E-state index contributed by atoms with van der Waals surface area (Å²) in [6.45, 7) is 0. The number of fused-ring (bicyclic) bond motifs is 1. The van der Waals surface area contributed by atoms with Gasteiger partial charge in [-0.15, -0.1) is 5.10 Å². The number of nitrogens with zero attached hydrogens (tertiary/aromatic N) is 4. The monoisotopic (exact) mass is 356 g/mol. The van der Waals surface area contributed by atoms with Crippen LogP contribution in [0.2, 0.25) is 0 Å². The normalized spacial score (nSPS) is 11.9. The molecule has 20 heavy (non-hydrogen) atoms. The SMILES string of the molecule is Cn1nnc(Br)c1S(=O)(=O)Nc1cccc2cn[nH]c12. The van der Waals surface area contributed by atoms with Crippen molar-refractivity contribution in [2.45, 2.75) is 5.03 Å². The van der Waals surface area contributed by atoms with Gasteiger partial charge in [-0.05, 0) is 22.0 Å². The predicted molar refractivity (Wildman–Crippen MR) is 75.6 cm³/mol. The Morgan fingerprint density at radius 3 is 2.90 bits per heavy atom. The summed E-state index contributed by atoms with van der Waals surface area (Å²) < 4.78 is 28.6. The highest BCUT2D eigenvalue weighted by molar-refractivity contribution is 9.10. The van der Waals surface area contributed by atoms with E-state index in [1.54, 1.807) is 18.3 Å². The van der Waals surface area contributed by atoms with E-state index in [9.17, 15) is 8.42 Å². The van der Waals surface area contributed by atoms with E-state index in [1.807, 2.05) is 6.07 Å². The predicted octanol–water partition coefficient (Wildman–Crippen LogP) is 1.25. The average Bonchev–Trinajstić information content (AvgIpc) is 2.96. The maximum absolute atomic E-state index is 12.4. The smallest absolute Gasteiger partial charge is 0.276 e. The van der Waals surface area contributed by atoms with Gasteiger partial charge in [-0.2, -0.15) is 13.5 Å². The van der Waals surface area contributed by atoms with Crippen LogP contribution in [0.15, 0.2) is 34.0 Å². The average molecular weight is 357 g/mol. The van der Waals surface area contributed by atoms with Gasteiger partial charge in [0, 0.05) is 12.4 Å². The molecule has 104 valence electrons. The van der Waals surface area contributed by atoms with Crippen molar-refractivity contribution in [3.8, 4) is 0 Å². The molecule has 1 aromatic carbocycles. The summed E-state index contributed by atoms with van der Waals surface area (Å²) in [5.74, 6) is 0. The zero-order chi connectivity index (χ0) is 14.3. The molecule has 2 N–H and O–H groups in total. The second-order valence-corrected chi connectivity index (χ2v) is 6.40. The van der Waals surface area contributed by atoms with Crippen molar-refractivity contribution in [3.05, 3.63) is 29.0 Å². The number of benzene rings is 1. The first-order valence-electron chi connectivity index (χ1n) is 5.49. The van der Waals surface area contributed by atoms with E-state index in [1.165, 1.54) is 11.7 Å². The summed E-state index contributed by atoms with van der Waals surface area (Å²) in [5, 5.41) is 14.7. The third kappa shape index (κ3) is 2.06. The Morgan fingerprint density at radius 1 is 1.40 bits per heavy atom. The molecule has 0 amide bonds. The van der Waals surface area contributed by atoms with Crippen molar-refractivity contribution in [2.24, 2.45) is 7.05 Å². The molecule has 2 heterocycles. The summed E-state index contributed by atoms with van der Waals surface area (Å²) in [7, 11) is -2.30. The summed E-state index contributed by atoms with van der Waals surface area (Å²) in [6.07, 6.45) is 1.62. The highest BCUT2D eigenvalue weighted by Crippen LogP contribution is 2.25. The minimum Gasteiger partial charge on any atom is -0.276 e. The highest BCUT2D eigenvalue weighted by atomic mass is 79.9. The fourth-order valence-electron chi connectivity index (χ4n) is 1.86. The van der Waals surface area contributed by atoms with Crippen molar-refractivity contribution in [1.82, 2.24) is 25.2 Å². The van der Waals surface area contributed by atoms with Gasteiger partial charge in [-0.3, -0.25) is 9.82 Å².